The van der Waals surface area contributed by atoms with Crippen LogP contribution in [0.5, 0.6) is 0 Å². The van der Waals surface area contributed by atoms with Gasteiger partial charge in [0.1, 0.15) is 0 Å². The molecule has 0 bridgehead atoms. The summed E-state index contributed by atoms with van der Waals surface area (Å²) in [6.07, 6.45) is 0. The molecule has 0 aliphatic carbocycles. The zero-order valence-corrected chi connectivity index (χ0v) is 10.5. The molecule has 0 fully saturated rings. The Morgan fingerprint density at radius 2 is 2.00 bits per heavy atom. The quantitative estimate of drug-likeness (QED) is 0.362. The monoisotopic (exact) mass is 270 g/mol. The largest absolute Gasteiger partial charge is 1.00 e. The molecule has 0 aromatic rings. The summed E-state index contributed by atoms with van der Waals surface area (Å²) in [5, 5.41) is 9.25. The van der Waals surface area contributed by atoms with Gasteiger partial charge in [0, 0.05) is 4.43 Å². The average molecular weight is 270 g/mol. The molecule has 0 aliphatic rings. The Bertz CT molecular complexity index is 46.8. The molecule has 0 saturated heterocycles. The predicted octanol–water partition coefficient (Wildman–Crippen LogP) is -3.82. The number of carboxylic acids is 1. The van der Waals surface area contributed by atoms with E-state index in [2.05, 4.69) is 0 Å². The van der Waals surface area contributed by atoms with Crippen molar-refractivity contribution in [3.63, 3.8) is 0 Å². The van der Waals surface area contributed by atoms with Crippen LogP contribution in [0.2, 0.25) is 0 Å². The standard InChI is InChI=1S/C2H3IO2.Rb/c3-1-2(4)5;/h1H2,(H,4,5);/q;+1/p-1. The molecular formula is C2H2IO2Rb. The summed E-state index contributed by atoms with van der Waals surface area (Å²) in [6.45, 7) is 0. The van der Waals surface area contributed by atoms with Crippen LogP contribution in [0.25, 0.3) is 0 Å². The summed E-state index contributed by atoms with van der Waals surface area (Å²) < 4.78 is 0.0811. The fourth-order valence-corrected chi connectivity index (χ4v) is 0. The molecule has 0 amide bonds. The number of carbonyl (C=O) groups is 1. The van der Waals surface area contributed by atoms with Crippen LogP contribution in [0, 0.1) is 0 Å². The Balaban J connectivity index is 0. The summed E-state index contributed by atoms with van der Waals surface area (Å²) in [5.74, 6) is -1.01. The van der Waals surface area contributed by atoms with Crippen LogP contribution < -0.4 is 63.3 Å². The van der Waals surface area contributed by atoms with E-state index in [-0.39, 0.29) is 62.6 Å². The molecule has 30 valence electrons. The molecule has 0 aromatic carbocycles. The summed E-state index contributed by atoms with van der Waals surface area (Å²) in [4.78, 5) is 9.25. The predicted molar refractivity (Wildman–Crippen MR) is 23.9 cm³/mol. The Labute approximate surface area is 98.6 Å². The molecule has 0 spiro atoms. The molecular weight excluding hydrogens is 268 g/mol. The SMILES string of the molecule is O=C([O-])CI.[Rb+]. The molecule has 0 saturated carbocycles. The second kappa shape index (κ2) is 7.01. The fraction of sp³-hybridized carbons (Fsp3) is 0.500. The van der Waals surface area contributed by atoms with Crippen LogP contribution >= 0.6 is 22.6 Å². The first-order chi connectivity index (χ1) is 2.27. The van der Waals surface area contributed by atoms with Gasteiger partial charge in [-0.15, -0.1) is 0 Å². The van der Waals surface area contributed by atoms with Gasteiger partial charge in [-0.1, -0.05) is 22.6 Å². The van der Waals surface area contributed by atoms with E-state index in [1.807, 2.05) is 0 Å². The third kappa shape index (κ3) is 9.38. The zero-order chi connectivity index (χ0) is 4.28. The second-order valence-electron chi connectivity index (χ2n) is 0.506. The van der Waals surface area contributed by atoms with Crippen molar-refractivity contribution in [1.82, 2.24) is 0 Å². The number of rotatable bonds is 1. The van der Waals surface area contributed by atoms with Crippen molar-refractivity contribution in [2.24, 2.45) is 0 Å². The molecule has 0 rings (SSSR count). The van der Waals surface area contributed by atoms with E-state index in [0.717, 1.165) is 0 Å². The third-order valence-corrected chi connectivity index (χ3v) is 0.732. The molecule has 0 heterocycles. The maximum atomic E-state index is 9.25. The molecule has 2 nitrogen and oxygen atoms in total. The molecule has 0 aromatic heterocycles. The van der Waals surface area contributed by atoms with Gasteiger partial charge in [0.05, 0.1) is 5.97 Å². The van der Waals surface area contributed by atoms with Gasteiger partial charge >= 0.3 is 58.2 Å². The number of hydrogen-bond acceptors (Lipinski definition) is 2. The van der Waals surface area contributed by atoms with Crippen molar-refractivity contribution >= 4 is 28.6 Å². The molecule has 0 aliphatic heterocycles. The van der Waals surface area contributed by atoms with Crippen LogP contribution in [0.4, 0.5) is 0 Å². The molecule has 4 heteroatoms. The van der Waals surface area contributed by atoms with Gasteiger partial charge in [-0.3, -0.25) is 0 Å². The Morgan fingerprint density at radius 1 is 1.83 bits per heavy atom. The first-order valence-corrected chi connectivity index (χ1v) is 2.55. The average Bonchev–Trinajstić information content (AvgIpc) is 1.38. The van der Waals surface area contributed by atoms with Gasteiger partial charge in [0.15, 0.2) is 0 Å². The topological polar surface area (TPSA) is 40.1 Å². The van der Waals surface area contributed by atoms with E-state index in [0.29, 0.717) is 0 Å². The van der Waals surface area contributed by atoms with E-state index in [4.69, 9.17) is 0 Å². The first kappa shape index (κ1) is 10.9. The van der Waals surface area contributed by atoms with Crippen molar-refractivity contribution in [3.8, 4) is 0 Å². The van der Waals surface area contributed by atoms with E-state index in [1.165, 1.54) is 0 Å². The minimum absolute atomic E-state index is 0. The number of carbonyl (C=O) groups excluding carboxylic acids is 1. The van der Waals surface area contributed by atoms with Gasteiger partial charge < -0.3 is 9.90 Å². The van der Waals surface area contributed by atoms with E-state index >= 15 is 0 Å². The maximum Gasteiger partial charge on any atom is 1.00 e. The first-order valence-electron chi connectivity index (χ1n) is 1.03. The van der Waals surface area contributed by atoms with E-state index < -0.39 is 5.97 Å². The van der Waals surface area contributed by atoms with Gasteiger partial charge in [-0.2, -0.15) is 0 Å². The minimum Gasteiger partial charge on any atom is -0.549 e. The van der Waals surface area contributed by atoms with Crippen LogP contribution in [0.3, 0.4) is 0 Å². The molecule has 0 radical (unpaired) electrons. The van der Waals surface area contributed by atoms with Gasteiger partial charge in [-0.05, 0) is 0 Å². The number of alkyl halides is 1. The summed E-state index contributed by atoms with van der Waals surface area (Å²) in [5.41, 5.74) is 0. The Kier molecular flexibility index (Phi) is 12.7. The van der Waals surface area contributed by atoms with E-state index in [1.54, 1.807) is 22.6 Å². The molecule has 0 atom stereocenters. The van der Waals surface area contributed by atoms with Gasteiger partial charge in [0.25, 0.3) is 0 Å². The molecule has 0 unspecified atom stereocenters. The summed E-state index contributed by atoms with van der Waals surface area (Å²) >= 11 is 1.72. The number of hydrogen-bond donors (Lipinski definition) is 0. The number of carboxylic acid groups (broad SMARTS) is 1. The maximum absolute atomic E-state index is 9.25. The fourth-order valence-electron chi connectivity index (χ4n) is 0. The zero-order valence-electron chi connectivity index (χ0n) is 3.40. The van der Waals surface area contributed by atoms with Crippen LogP contribution in [0.15, 0.2) is 0 Å². The smallest absolute Gasteiger partial charge is 0.549 e. The number of aliphatic carboxylic acids is 1. The second-order valence-corrected chi connectivity index (χ2v) is 1.27. The van der Waals surface area contributed by atoms with Crippen LogP contribution in [0.1, 0.15) is 0 Å². The Hall–Kier alpha value is 2.01. The summed E-state index contributed by atoms with van der Waals surface area (Å²) in [6, 6.07) is 0. The van der Waals surface area contributed by atoms with Crippen LogP contribution in [-0.4, -0.2) is 10.4 Å². The van der Waals surface area contributed by atoms with Crippen molar-refractivity contribution < 1.29 is 68.1 Å². The normalized spacial score (nSPS) is 6.17. The van der Waals surface area contributed by atoms with E-state index in [9.17, 15) is 9.90 Å². The summed E-state index contributed by atoms with van der Waals surface area (Å²) in [7, 11) is 0. The van der Waals surface area contributed by atoms with Gasteiger partial charge in [0.2, 0.25) is 0 Å². The number of halogens is 1. The van der Waals surface area contributed by atoms with Crippen molar-refractivity contribution in [2.45, 2.75) is 0 Å². The van der Waals surface area contributed by atoms with Gasteiger partial charge in [-0.25, -0.2) is 0 Å². The minimum atomic E-state index is -1.01. The molecule has 6 heavy (non-hydrogen) atoms. The Morgan fingerprint density at radius 3 is 2.00 bits per heavy atom. The van der Waals surface area contributed by atoms with Crippen molar-refractivity contribution in [1.29, 1.82) is 0 Å². The van der Waals surface area contributed by atoms with Crippen LogP contribution in [-0.2, 0) is 4.79 Å². The third-order valence-electron chi connectivity index (χ3n) is 0.109. The molecule has 0 N–H and O–H groups in total. The van der Waals surface area contributed by atoms with Crippen molar-refractivity contribution in [2.75, 3.05) is 4.43 Å². The van der Waals surface area contributed by atoms with Crippen molar-refractivity contribution in [3.05, 3.63) is 0 Å².